The number of carbonyl (C=O) groups is 2. The summed E-state index contributed by atoms with van der Waals surface area (Å²) in [5.74, 6) is -0.228. The third-order valence-corrected chi connectivity index (χ3v) is 6.65. The van der Waals surface area contributed by atoms with Gasteiger partial charge in [0, 0.05) is 11.4 Å². The van der Waals surface area contributed by atoms with Crippen molar-refractivity contribution in [1.29, 1.82) is 0 Å². The van der Waals surface area contributed by atoms with E-state index in [0.29, 0.717) is 11.4 Å². The van der Waals surface area contributed by atoms with Crippen LogP contribution in [0.2, 0.25) is 0 Å². The third-order valence-electron chi connectivity index (χ3n) is 5.74. The number of thioether (sulfide) groups is 1. The highest BCUT2D eigenvalue weighted by atomic mass is 32.2. The van der Waals surface area contributed by atoms with Gasteiger partial charge in [-0.3, -0.25) is 14.5 Å². The minimum atomic E-state index is -0.228. The summed E-state index contributed by atoms with van der Waals surface area (Å²) >= 11 is 1.02. The van der Waals surface area contributed by atoms with Gasteiger partial charge in [-0.05, 0) is 73.4 Å². The summed E-state index contributed by atoms with van der Waals surface area (Å²) in [6, 6.07) is 18.1. The Kier molecular flexibility index (Phi) is 5.88. The van der Waals surface area contributed by atoms with E-state index in [4.69, 9.17) is 0 Å². The summed E-state index contributed by atoms with van der Waals surface area (Å²) in [4.78, 5) is 27.3. The zero-order valence-electron chi connectivity index (χ0n) is 18.3. The topological polar surface area (TPSA) is 42.3 Å². The summed E-state index contributed by atoms with van der Waals surface area (Å²) in [6.07, 6.45) is 2.81. The first-order chi connectivity index (χ1) is 14.9. The minimum absolute atomic E-state index is 0.221. The zero-order valence-corrected chi connectivity index (χ0v) is 19.1. The molecule has 0 bridgehead atoms. The van der Waals surface area contributed by atoms with Gasteiger partial charge < -0.3 is 4.57 Å². The van der Waals surface area contributed by atoms with E-state index in [2.05, 4.69) is 56.5 Å². The average Bonchev–Trinajstić information content (AvgIpc) is 3.18. The van der Waals surface area contributed by atoms with Crippen LogP contribution in [0, 0.1) is 20.8 Å². The minimum Gasteiger partial charge on any atom is -0.317 e. The fourth-order valence-electron chi connectivity index (χ4n) is 4.15. The van der Waals surface area contributed by atoms with Gasteiger partial charge in [-0.15, -0.1) is 0 Å². The second-order valence-corrected chi connectivity index (χ2v) is 8.84. The van der Waals surface area contributed by atoms with Gasteiger partial charge in [0.05, 0.1) is 17.1 Å². The molecule has 0 unspecified atom stereocenters. The lowest BCUT2D eigenvalue weighted by atomic mass is 10.1. The van der Waals surface area contributed by atoms with E-state index in [1.165, 1.54) is 21.7 Å². The number of rotatable bonds is 5. The number of benzene rings is 2. The highest BCUT2D eigenvalue weighted by molar-refractivity contribution is 8.18. The molecule has 2 amide bonds. The maximum atomic E-state index is 13.0. The van der Waals surface area contributed by atoms with Crippen molar-refractivity contribution in [3.8, 4) is 5.69 Å². The molecule has 2 aromatic carbocycles. The number of aryl methyl sites for hydroxylation is 3. The van der Waals surface area contributed by atoms with Crippen LogP contribution in [-0.2, 0) is 17.8 Å². The number of imide groups is 1. The van der Waals surface area contributed by atoms with Gasteiger partial charge in [-0.2, -0.15) is 0 Å². The quantitative estimate of drug-likeness (QED) is 0.453. The van der Waals surface area contributed by atoms with E-state index >= 15 is 0 Å². The summed E-state index contributed by atoms with van der Waals surface area (Å²) in [6.45, 7) is 8.74. The number of amides is 2. The Bertz CT molecular complexity index is 1190. The van der Waals surface area contributed by atoms with E-state index in [0.717, 1.165) is 40.7 Å². The van der Waals surface area contributed by atoms with Crippen molar-refractivity contribution in [1.82, 2.24) is 9.47 Å². The van der Waals surface area contributed by atoms with Gasteiger partial charge in [0.1, 0.15) is 0 Å². The number of hydrogen-bond donors (Lipinski definition) is 0. The molecular formula is C26H26N2O2S. The Morgan fingerprint density at radius 2 is 1.71 bits per heavy atom. The molecule has 1 fully saturated rings. The highest BCUT2D eigenvalue weighted by Crippen LogP contribution is 2.35. The van der Waals surface area contributed by atoms with Crippen molar-refractivity contribution in [2.45, 2.75) is 40.7 Å². The SMILES string of the molecule is CCc1cccc(C)c1-n1c(C)cc(/C=C2\SC(=O)N(Cc3ccccc3)C2=O)c1C. The van der Waals surface area contributed by atoms with E-state index in [-0.39, 0.29) is 11.1 Å². The standard InChI is InChI=1S/C26H26N2O2S/c1-5-21-13-9-10-17(2)24(21)28-18(3)14-22(19(28)4)15-23-25(29)27(26(30)31-23)16-20-11-7-6-8-12-20/h6-15H,5,16H2,1-4H3/b23-15-. The van der Waals surface area contributed by atoms with Gasteiger partial charge in [0.2, 0.25) is 0 Å². The van der Waals surface area contributed by atoms with Crippen molar-refractivity contribution >= 4 is 29.0 Å². The Morgan fingerprint density at radius 1 is 0.968 bits per heavy atom. The zero-order chi connectivity index (χ0) is 22.1. The number of nitrogens with zero attached hydrogens (tertiary/aromatic N) is 2. The Morgan fingerprint density at radius 3 is 2.42 bits per heavy atom. The van der Waals surface area contributed by atoms with Gasteiger partial charge in [0.25, 0.3) is 11.1 Å². The molecule has 0 radical (unpaired) electrons. The van der Waals surface area contributed by atoms with E-state index < -0.39 is 0 Å². The van der Waals surface area contributed by atoms with Gasteiger partial charge in [0.15, 0.2) is 0 Å². The molecular weight excluding hydrogens is 404 g/mol. The predicted molar refractivity (Wildman–Crippen MR) is 127 cm³/mol. The molecule has 1 aromatic heterocycles. The molecule has 0 aliphatic carbocycles. The molecule has 4 rings (SSSR count). The number of hydrogen-bond acceptors (Lipinski definition) is 3. The van der Waals surface area contributed by atoms with Crippen LogP contribution in [0.5, 0.6) is 0 Å². The van der Waals surface area contributed by atoms with Crippen molar-refractivity contribution in [3.05, 3.63) is 93.1 Å². The molecule has 0 N–H and O–H groups in total. The van der Waals surface area contributed by atoms with Crippen LogP contribution in [0.15, 0.2) is 59.5 Å². The number of para-hydroxylation sites is 1. The van der Waals surface area contributed by atoms with E-state index in [9.17, 15) is 9.59 Å². The summed E-state index contributed by atoms with van der Waals surface area (Å²) < 4.78 is 2.26. The van der Waals surface area contributed by atoms with Crippen molar-refractivity contribution in [2.24, 2.45) is 0 Å². The van der Waals surface area contributed by atoms with Crippen LogP contribution in [0.4, 0.5) is 4.79 Å². The summed E-state index contributed by atoms with van der Waals surface area (Å²) in [5.41, 5.74) is 7.79. The smallest absolute Gasteiger partial charge is 0.293 e. The molecule has 4 nitrogen and oxygen atoms in total. The third kappa shape index (κ3) is 3.98. The molecule has 1 aliphatic rings. The molecule has 158 valence electrons. The second-order valence-electron chi connectivity index (χ2n) is 7.85. The molecule has 0 saturated carbocycles. The van der Waals surface area contributed by atoms with Crippen LogP contribution in [0.25, 0.3) is 11.8 Å². The lowest BCUT2D eigenvalue weighted by Gasteiger charge is -2.17. The highest BCUT2D eigenvalue weighted by Gasteiger charge is 2.35. The number of aromatic nitrogens is 1. The monoisotopic (exact) mass is 430 g/mol. The van der Waals surface area contributed by atoms with Gasteiger partial charge >= 0.3 is 0 Å². The summed E-state index contributed by atoms with van der Waals surface area (Å²) in [5, 5.41) is -0.221. The fraction of sp³-hybridized carbons (Fsp3) is 0.231. The van der Waals surface area contributed by atoms with Crippen molar-refractivity contribution < 1.29 is 9.59 Å². The molecule has 2 heterocycles. The van der Waals surface area contributed by atoms with Crippen LogP contribution >= 0.6 is 11.8 Å². The first-order valence-corrected chi connectivity index (χ1v) is 11.3. The lowest BCUT2D eigenvalue weighted by Crippen LogP contribution is -2.27. The van der Waals surface area contributed by atoms with Gasteiger partial charge in [-0.25, -0.2) is 0 Å². The maximum Gasteiger partial charge on any atom is 0.293 e. The fourth-order valence-corrected chi connectivity index (χ4v) is 4.98. The Balaban J connectivity index is 1.69. The first kappa shape index (κ1) is 21.2. The van der Waals surface area contributed by atoms with Gasteiger partial charge in [-0.1, -0.05) is 55.5 Å². The molecule has 1 aliphatic heterocycles. The molecule has 0 spiro atoms. The van der Waals surface area contributed by atoms with Crippen LogP contribution < -0.4 is 0 Å². The maximum absolute atomic E-state index is 13.0. The average molecular weight is 431 g/mol. The molecule has 31 heavy (non-hydrogen) atoms. The molecule has 0 atom stereocenters. The molecule has 5 heteroatoms. The molecule has 1 saturated heterocycles. The Hall–Kier alpha value is -3.05. The van der Waals surface area contributed by atoms with Crippen LogP contribution in [0.3, 0.4) is 0 Å². The van der Waals surface area contributed by atoms with E-state index in [1.54, 1.807) is 0 Å². The first-order valence-electron chi connectivity index (χ1n) is 10.5. The normalized spacial score (nSPS) is 15.4. The molecule has 3 aromatic rings. The van der Waals surface area contributed by atoms with Crippen LogP contribution in [-0.4, -0.2) is 20.6 Å². The number of carbonyl (C=O) groups excluding carboxylic acids is 2. The summed E-state index contributed by atoms with van der Waals surface area (Å²) in [7, 11) is 0. The second kappa shape index (κ2) is 8.60. The Labute approximate surface area is 187 Å². The van der Waals surface area contributed by atoms with Crippen LogP contribution in [0.1, 0.15) is 40.6 Å². The predicted octanol–water partition coefficient (Wildman–Crippen LogP) is 6.20. The van der Waals surface area contributed by atoms with Crippen molar-refractivity contribution in [2.75, 3.05) is 0 Å². The lowest BCUT2D eigenvalue weighted by molar-refractivity contribution is -0.123. The largest absolute Gasteiger partial charge is 0.317 e. The van der Waals surface area contributed by atoms with Crippen molar-refractivity contribution in [3.63, 3.8) is 0 Å². The van der Waals surface area contributed by atoms with E-state index in [1.807, 2.05) is 36.4 Å².